The predicted octanol–water partition coefficient (Wildman–Crippen LogP) is 2.38. The molecule has 4 rings (SSSR count). The van der Waals surface area contributed by atoms with Crippen molar-refractivity contribution >= 4 is 11.3 Å². The Bertz CT molecular complexity index is 813. The van der Waals surface area contributed by atoms with Crippen LogP contribution in [0.3, 0.4) is 0 Å². The summed E-state index contributed by atoms with van der Waals surface area (Å²) in [7, 11) is 0. The minimum absolute atomic E-state index is 0.280. The standard InChI is InChI=1S/C15H14N4O2/c1-10-7-12-15(16-5-6-19(12)18-10)17-8-11-3-2-4-13-14(11)21-9-20-13/h2-7H,8-9H2,1H3,(H,16,17). The SMILES string of the molecule is Cc1cc2c(NCc3cccc4c3OCO4)nccn2n1. The second kappa shape index (κ2) is 4.66. The van der Waals surface area contributed by atoms with E-state index in [2.05, 4.69) is 15.4 Å². The largest absolute Gasteiger partial charge is 0.454 e. The zero-order valence-corrected chi connectivity index (χ0v) is 11.5. The summed E-state index contributed by atoms with van der Waals surface area (Å²) in [6.45, 7) is 2.86. The van der Waals surface area contributed by atoms with Crippen LogP contribution < -0.4 is 14.8 Å². The number of benzene rings is 1. The van der Waals surface area contributed by atoms with Crippen LogP contribution in [-0.4, -0.2) is 21.4 Å². The van der Waals surface area contributed by atoms with Crippen LogP contribution in [0.4, 0.5) is 5.82 Å². The highest BCUT2D eigenvalue weighted by Gasteiger charge is 2.17. The smallest absolute Gasteiger partial charge is 0.231 e. The van der Waals surface area contributed by atoms with E-state index in [1.54, 1.807) is 6.20 Å². The molecule has 0 aliphatic carbocycles. The Morgan fingerprint density at radius 3 is 3.24 bits per heavy atom. The van der Waals surface area contributed by atoms with Crippen LogP contribution in [-0.2, 0) is 6.54 Å². The monoisotopic (exact) mass is 282 g/mol. The maximum absolute atomic E-state index is 5.51. The van der Waals surface area contributed by atoms with Gasteiger partial charge in [0.2, 0.25) is 6.79 Å². The predicted molar refractivity (Wildman–Crippen MR) is 77.6 cm³/mol. The summed E-state index contributed by atoms with van der Waals surface area (Å²) in [5.41, 5.74) is 2.97. The Balaban J connectivity index is 1.63. The molecule has 1 aliphatic rings. The van der Waals surface area contributed by atoms with Gasteiger partial charge < -0.3 is 14.8 Å². The van der Waals surface area contributed by atoms with E-state index in [-0.39, 0.29) is 6.79 Å². The lowest BCUT2D eigenvalue weighted by atomic mass is 10.2. The number of hydrogen-bond acceptors (Lipinski definition) is 5. The van der Waals surface area contributed by atoms with E-state index in [1.165, 1.54) is 0 Å². The van der Waals surface area contributed by atoms with Crippen molar-refractivity contribution in [3.63, 3.8) is 0 Å². The molecule has 21 heavy (non-hydrogen) atoms. The van der Waals surface area contributed by atoms with Crippen molar-refractivity contribution in [2.24, 2.45) is 0 Å². The van der Waals surface area contributed by atoms with Gasteiger partial charge in [-0.3, -0.25) is 0 Å². The first-order valence-electron chi connectivity index (χ1n) is 6.73. The van der Waals surface area contributed by atoms with Crippen molar-refractivity contribution in [2.45, 2.75) is 13.5 Å². The molecule has 2 aromatic heterocycles. The molecule has 106 valence electrons. The molecule has 0 bridgehead atoms. The zero-order valence-electron chi connectivity index (χ0n) is 11.5. The lowest BCUT2D eigenvalue weighted by molar-refractivity contribution is 0.173. The third-order valence-electron chi connectivity index (χ3n) is 3.44. The number of aryl methyl sites for hydroxylation is 1. The van der Waals surface area contributed by atoms with E-state index < -0.39 is 0 Å². The number of para-hydroxylation sites is 1. The summed E-state index contributed by atoms with van der Waals surface area (Å²) in [5, 5.41) is 7.72. The maximum Gasteiger partial charge on any atom is 0.231 e. The molecule has 0 atom stereocenters. The Labute approximate surface area is 121 Å². The molecule has 0 saturated carbocycles. The summed E-state index contributed by atoms with van der Waals surface area (Å²) >= 11 is 0. The second-order valence-electron chi connectivity index (χ2n) is 4.90. The summed E-state index contributed by atoms with van der Waals surface area (Å²) in [5.74, 6) is 2.40. The van der Waals surface area contributed by atoms with Gasteiger partial charge in [-0.15, -0.1) is 0 Å². The van der Waals surface area contributed by atoms with E-state index >= 15 is 0 Å². The third kappa shape index (κ3) is 2.05. The van der Waals surface area contributed by atoms with Gasteiger partial charge in [-0.1, -0.05) is 12.1 Å². The number of hydrogen-bond donors (Lipinski definition) is 1. The molecule has 1 aromatic carbocycles. The van der Waals surface area contributed by atoms with Crippen molar-refractivity contribution in [2.75, 3.05) is 12.1 Å². The van der Waals surface area contributed by atoms with Gasteiger partial charge in [0, 0.05) is 24.5 Å². The van der Waals surface area contributed by atoms with Crippen LogP contribution in [0.15, 0.2) is 36.7 Å². The van der Waals surface area contributed by atoms with Crippen LogP contribution >= 0.6 is 0 Å². The lowest BCUT2D eigenvalue weighted by Crippen LogP contribution is -2.04. The van der Waals surface area contributed by atoms with Crippen LogP contribution in [0.5, 0.6) is 11.5 Å². The Morgan fingerprint density at radius 1 is 1.33 bits per heavy atom. The van der Waals surface area contributed by atoms with Gasteiger partial charge in [0.05, 0.1) is 5.69 Å². The van der Waals surface area contributed by atoms with E-state index in [4.69, 9.17) is 9.47 Å². The van der Waals surface area contributed by atoms with Crippen LogP contribution in [0.2, 0.25) is 0 Å². The molecular formula is C15H14N4O2. The van der Waals surface area contributed by atoms with Crippen molar-refractivity contribution in [1.29, 1.82) is 0 Å². The van der Waals surface area contributed by atoms with Crippen LogP contribution in [0.25, 0.3) is 5.52 Å². The number of aromatic nitrogens is 3. The van der Waals surface area contributed by atoms with Gasteiger partial charge in [0.25, 0.3) is 0 Å². The number of fused-ring (bicyclic) bond motifs is 2. The van der Waals surface area contributed by atoms with E-state index in [0.717, 1.165) is 34.1 Å². The number of ether oxygens (including phenoxy) is 2. The minimum Gasteiger partial charge on any atom is -0.454 e. The highest BCUT2D eigenvalue weighted by molar-refractivity contribution is 5.68. The molecular weight excluding hydrogens is 268 g/mol. The Hall–Kier alpha value is -2.76. The first kappa shape index (κ1) is 12.0. The lowest BCUT2D eigenvalue weighted by Gasteiger charge is -2.09. The first-order valence-corrected chi connectivity index (χ1v) is 6.73. The molecule has 0 fully saturated rings. The van der Waals surface area contributed by atoms with Gasteiger partial charge in [-0.05, 0) is 19.1 Å². The van der Waals surface area contributed by atoms with E-state index in [9.17, 15) is 0 Å². The molecule has 0 unspecified atom stereocenters. The average molecular weight is 282 g/mol. The number of anilines is 1. The Morgan fingerprint density at radius 2 is 2.29 bits per heavy atom. The Kier molecular flexibility index (Phi) is 2.67. The number of nitrogens with zero attached hydrogens (tertiary/aromatic N) is 3. The maximum atomic E-state index is 5.51. The fraction of sp³-hybridized carbons (Fsp3) is 0.200. The number of rotatable bonds is 3. The molecule has 3 heterocycles. The quantitative estimate of drug-likeness (QED) is 0.799. The van der Waals surface area contributed by atoms with Crippen LogP contribution in [0.1, 0.15) is 11.3 Å². The molecule has 6 nitrogen and oxygen atoms in total. The topological polar surface area (TPSA) is 60.7 Å². The molecule has 0 amide bonds. The molecule has 1 aliphatic heterocycles. The molecule has 0 spiro atoms. The summed E-state index contributed by atoms with van der Waals surface area (Å²) in [6, 6.07) is 7.89. The molecule has 3 aromatic rings. The van der Waals surface area contributed by atoms with Gasteiger partial charge in [0.1, 0.15) is 5.52 Å². The zero-order chi connectivity index (χ0) is 14.2. The normalized spacial score (nSPS) is 12.8. The van der Waals surface area contributed by atoms with E-state index in [0.29, 0.717) is 6.54 Å². The van der Waals surface area contributed by atoms with Crippen molar-refractivity contribution in [3.05, 3.63) is 47.9 Å². The second-order valence-corrected chi connectivity index (χ2v) is 4.90. The summed E-state index contributed by atoms with van der Waals surface area (Å²) in [6.07, 6.45) is 3.57. The van der Waals surface area contributed by atoms with Crippen LogP contribution in [0, 0.1) is 6.92 Å². The fourth-order valence-electron chi connectivity index (χ4n) is 2.49. The molecule has 1 N–H and O–H groups in total. The molecule has 6 heteroatoms. The highest BCUT2D eigenvalue weighted by atomic mass is 16.7. The van der Waals surface area contributed by atoms with E-state index in [1.807, 2.05) is 41.9 Å². The van der Waals surface area contributed by atoms with Gasteiger partial charge in [-0.2, -0.15) is 5.10 Å². The fourth-order valence-corrected chi connectivity index (χ4v) is 2.49. The summed E-state index contributed by atoms with van der Waals surface area (Å²) < 4.78 is 12.7. The molecule has 0 radical (unpaired) electrons. The van der Waals surface area contributed by atoms with Gasteiger partial charge in [-0.25, -0.2) is 9.50 Å². The van der Waals surface area contributed by atoms with Crippen molar-refractivity contribution in [3.8, 4) is 11.5 Å². The summed E-state index contributed by atoms with van der Waals surface area (Å²) in [4.78, 5) is 4.38. The van der Waals surface area contributed by atoms with Gasteiger partial charge in [0.15, 0.2) is 17.3 Å². The van der Waals surface area contributed by atoms with Crippen molar-refractivity contribution in [1.82, 2.24) is 14.6 Å². The third-order valence-corrected chi connectivity index (χ3v) is 3.44. The minimum atomic E-state index is 0.280. The highest BCUT2D eigenvalue weighted by Crippen LogP contribution is 2.35. The van der Waals surface area contributed by atoms with Crippen molar-refractivity contribution < 1.29 is 9.47 Å². The number of nitrogens with one attached hydrogen (secondary N) is 1. The average Bonchev–Trinajstić information content (AvgIpc) is 3.10. The molecule has 0 saturated heterocycles. The van der Waals surface area contributed by atoms with Gasteiger partial charge >= 0.3 is 0 Å². The first-order chi connectivity index (χ1) is 10.3.